The maximum Gasteiger partial charge on any atom is 0.234 e. The standard InChI is InChI=1S/C14H21FN2O2/c1-14(2,3)17-13(19)9-16-8-12(18)10-5-4-6-11(15)7-10/h4-7,12,16,18H,8-9H2,1-3H3,(H,17,19). The number of aliphatic hydroxyl groups excluding tert-OH is 1. The lowest BCUT2D eigenvalue weighted by Crippen LogP contribution is -2.45. The molecule has 0 saturated carbocycles. The Labute approximate surface area is 113 Å². The molecule has 4 nitrogen and oxygen atoms in total. The number of hydrogen-bond acceptors (Lipinski definition) is 3. The first-order chi connectivity index (χ1) is 8.78. The van der Waals surface area contributed by atoms with Gasteiger partial charge in [-0.1, -0.05) is 12.1 Å². The Kier molecular flexibility index (Phi) is 5.44. The molecule has 0 radical (unpaired) electrons. The third kappa shape index (κ3) is 6.31. The van der Waals surface area contributed by atoms with Crippen LogP contribution in [0.3, 0.4) is 0 Å². The van der Waals surface area contributed by atoms with E-state index in [0.29, 0.717) is 5.56 Å². The van der Waals surface area contributed by atoms with Crippen LogP contribution in [0.2, 0.25) is 0 Å². The number of carbonyl (C=O) groups is 1. The molecule has 1 aromatic rings. The van der Waals surface area contributed by atoms with E-state index in [1.807, 2.05) is 20.8 Å². The molecule has 0 saturated heterocycles. The summed E-state index contributed by atoms with van der Waals surface area (Å²) in [6.45, 7) is 6.00. The molecule has 5 heteroatoms. The maximum absolute atomic E-state index is 13.0. The van der Waals surface area contributed by atoms with Crippen LogP contribution >= 0.6 is 0 Å². The lowest BCUT2D eigenvalue weighted by molar-refractivity contribution is -0.121. The molecular weight excluding hydrogens is 247 g/mol. The summed E-state index contributed by atoms with van der Waals surface area (Å²) >= 11 is 0. The molecule has 1 aromatic carbocycles. The Hall–Kier alpha value is -1.46. The average molecular weight is 268 g/mol. The van der Waals surface area contributed by atoms with Crippen molar-refractivity contribution in [2.45, 2.75) is 32.4 Å². The molecule has 1 unspecified atom stereocenters. The number of nitrogens with one attached hydrogen (secondary N) is 2. The minimum absolute atomic E-state index is 0.115. The van der Waals surface area contributed by atoms with Crippen molar-refractivity contribution >= 4 is 5.91 Å². The molecule has 0 aliphatic carbocycles. The quantitative estimate of drug-likeness (QED) is 0.755. The monoisotopic (exact) mass is 268 g/mol. The van der Waals surface area contributed by atoms with Gasteiger partial charge in [0, 0.05) is 12.1 Å². The second-order valence-corrected chi connectivity index (χ2v) is 5.50. The summed E-state index contributed by atoms with van der Waals surface area (Å²) < 4.78 is 13.0. The molecule has 1 amide bonds. The Morgan fingerprint density at radius 1 is 1.42 bits per heavy atom. The molecule has 3 N–H and O–H groups in total. The van der Waals surface area contributed by atoms with E-state index >= 15 is 0 Å². The van der Waals surface area contributed by atoms with Crippen LogP contribution in [0.5, 0.6) is 0 Å². The van der Waals surface area contributed by atoms with E-state index in [0.717, 1.165) is 0 Å². The number of benzene rings is 1. The van der Waals surface area contributed by atoms with Crippen LogP contribution in [0.25, 0.3) is 0 Å². The van der Waals surface area contributed by atoms with Crippen LogP contribution in [0.1, 0.15) is 32.4 Å². The second kappa shape index (κ2) is 6.63. The minimum Gasteiger partial charge on any atom is -0.387 e. The van der Waals surface area contributed by atoms with Crippen molar-refractivity contribution in [3.63, 3.8) is 0 Å². The van der Waals surface area contributed by atoms with E-state index in [4.69, 9.17) is 0 Å². The fraction of sp³-hybridized carbons (Fsp3) is 0.500. The number of rotatable bonds is 5. The predicted molar refractivity (Wildman–Crippen MR) is 72.1 cm³/mol. The number of aliphatic hydroxyl groups is 1. The zero-order valence-electron chi connectivity index (χ0n) is 11.5. The molecule has 0 aromatic heterocycles. The summed E-state index contributed by atoms with van der Waals surface area (Å²) in [6, 6.07) is 5.78. The smallest absolute Gasteiger partial charge is 0.234 e. The zero-order valence-corrected chi connectivity index (χ0v) is 11.5. The van der Waals surface area contributed by atoms with Crippen molar-refractivity contribution in [2.24, 2.45) is 0 Å². The number of amides is 1. The first-order valence-electron chi connectivity index (χ1n) is 6.23. The predicted octanol–water partition coefficient (Wildman–Crippen LogP) is 1.36. The highest BCUT2D eigenvalue weighted by Gasteiger charge is 2.14. The SMILES string of the molecule is CC(C)(C)NC(=O)CNCC(O)c1cccc(F)c1. The normalized spacial score (nSPS) is 13.1. The molecule has 0 aliphatic heterocycles. The molecular formula is C14H21FN2O2. The van der Waals surface area contributed by atoms with Crippen LogP contribution in [0, 0.1) is 5.82 Å². The van der Waals surface area contributed by atoms with Gasteiger partial charge in [0.1, 0.15) is 5.82 Å². The van der Waals surface area contributed by atoms with Crippen LogP contribution in [0.4, 0.5) is 4.39 Å². The van der Waals surface area contributed by atoms with Crippen LogP contribution < -0.4 is 10.6 Å². The van der Waals surface area contributed by atoms with Gasteiger partial charge in [0.05, 0.1) is 12.6 Å². The lowest BCUT2D eigenvalue weighted by atomic mass is 10.1. The van der Waals surface area contributed by atoms with Gasteiger partial charge in [0.15, 0.2) is 0 Å². The molecule has 0 fully saturated rings. The van der Waals surface area contributed by atoms with Gasteiger partial charge in [-0.05, 0) is 38.5 Å². The van der Waals surface area contributed by atoms with Crippen LogP contribution in [-0.4, -0.2) is 29.6 Å². The van der Waals surface area contributed by atoms with Gasteiger partial charge in [0.25, 0.3) is 0 Å². The van der Waals surface area contributed by atoms with Crippen LogP contribution in [0.15, 0.2) is 24.3 Å². The van der Waals surface area contributed by atoms with Crippen molar-refractivity contribution in [3.8, 4) is 0 Å². The van der Waals surface area contributed by atoms with Gasteiger partial charge in [0.2, 0.25) is 5.91 Å². The van der Waals surface area contributed by atoms with Gasteiger partial charge < -0.3 is 15.7 Å². The Morgan fingerprint density at radius 3 is 2.68 bits per heavy atom. The Bertz CT molecular complexity index is 430. The van der Waals surface area contributed by atoms with Crippen molar-refractivity contribution in [3.05, 3.63) is 35.6 Å². The summed E-state index contributed by atoms with van der Waals surface area (Å²) in [6.07, 6.45) is -0.835. The summed E-state index contributed by atoms with van der Waals surface area (Å²) in [5.41, 5.74) is 0.212. The van der Waals surface area contributed by atoms with Crippen molar-refractivity contribution in [1.82, 2.24) is 10.6 Å². The van der Waals surface area contributed by atoms with E-state index in [2.05, 4.69) is 10.6 Å². The third-order valence-corrected chi connectivity index (χ3v) is 2.37. The van der Waals surface area contributed by atoms with E-state index in [9.17, 15) is 14.3 Å². The molecule has 1 rings (SSSR count). The van der Waals surface area contributed by atoms with E-state index in [1.165, 1.54) is 12.1 Å². The lowest BCUT2D eigenvalue weighted by Gasteiger charge is -2.21. The molecule has 19 heavy (non-hydrogen) atoms. The molecule has 0 bridgehead atoms. The topological polar surface area (TPSA) is 61.4 Å². The van der Waals surface area contributed by atoms with E-state index in [-0.39, 0.29) is 30.4 Å². The molecule has 0 spiro atoms. The highest BCUT2D eigenvalue weighted by Crippen LogP contribution is 2.12. The van der Waals surface area contributed by atoms with Gasteiger partial charge in [-0.15, -0.1) is 0 Å². The highest BCUT2D eigenvalue weighted by atomic mass is 19.1. The minimum atomic E-state index is -0.835. The van der Waals surface area contributed by atoms with E-state index in [1.54, 1.807) is 12.1 Å². The molecule has 0 heterocycles. The molecule has 106 valence electrons. The number of hydrogen-bond donors (Lipinski definition) is 3. The number of carbonyl (C=O) groups excluding carboxylic acids is 1. The highest BCUT2D eigenvalue weighted by molar-refractivity contribution is 5.78. The van der Waals surface area contributed by atoms with Gasteiger partial charge in [-0.2, -0.15) is 0 Å². The molecule has 0 aliphatic rings. The number of halogens is 1. The Morgan fingerprint density at radius 2 is 2.11 bits per heavy atom. The fourth-order valence-electron chi connectivity index (χ4n) is 1.62. The summed E-state index contributed by atoms with van der Waals surface area (Å²) in [5.74, 6) is -0.527. The third-order valence-electron chi connectivity index (χ3n) is 2.37. The summed E-state index contributed by atoms with van der Waals surface area (Å²) in [5, 5.41) is 15.5. The van der Waals surface area contributed by atoms with Gasteiger partial charge in [-0.3, -0.25) is 4.79 Å². The molecule has 1 atom stereocenters. The van der Waals surface area contributed by atoms with Gasteiger partial charge >= 0.3 is 0 Å². The zero-order chi connectivity index (χ0) is 14.5. The average Bonchev–Trinajstić information content (AvgIpc) is 2.26. The van der Waals surface area contributed by atoms with Crippen molar-refractivity contribution < 1.29 is 14.3 Å². The fourth-order valence-corrected chi connectivity index (χ4v) is 1.62. The largest absolute Gasteiger partial charge is 0.387 e. The Balaban J connectivity index is 2.35. The van der Waals surface area contributed by atoms with Crippen molar-refractivity contribution in [1.29, 1.82) is 0 Å². The van der Waals surface area contributed by atoms with E-state index < -0.39 is 6.10 Å². The first kappa shape index (κ1) is 15.6. The second-order valence-electron chi connectivity index (χ2n) is 5.50. The van der Waals surface area contributed by atoms with Gasteiger partial charge in [-0.25, -0.2) is 4.39 Å². The van der Waals surface area contributed by atoms with Crippen LogP contribution in [-0.2, 0) is 4.79 Å². The maximum atomic E-state index is 13.0. The van der Waals surface area contributed by atoms with Crippen molar-refractivity contribution in [2.75, 3.05) is 13.1 Å². The first-order valence-corrected chi connectivity index (χ1v) is 6.23. The summed E-state index contributed by atoms with van der Waals surface area (Å²) in [7, 11) is 0. The summed E-state index contributed by atoms with van der Waals surface area (Å²) in [4.78, 5) is 11.5.